The van der Waals surface area contributed by atoms with E-state index in [0.717, 1.165) is 22.9 Å². The molecule has 0 aliphatic heterocycles. The van der Waals surface area contributed by atoms with Crippen molar-refractivity contribution in [2.75, 3.05) is 6.61 Å². The number of nitrogens with one attached hydrogen (secondary N) is 1. The third-order valence-corrected chi connectivity index (χ3v) is 3.45. The van der Waals surface area contributed by atoms with Crippen LogP contribution in [0.5, 0.6) is 0 Å². The predicted octanol–water partition coefficient (Wildman–Crippen LogP) is 0.246. The van der Waals surface area contributed by atoms with Gasteiger partial charge in [-0.25, -0.2) is 17.9 Å². The summed E-state index contributed by atoms with van der Waals surface area (Å²) >= 11 is 0. The highest BCUT2D eigenvalue weighted by Crippen LogP contribution is 2.12. The third-order valence-electron chi connectivity index (χ3n) is 2.60. The van der Waals surface area contributed by atoms with E-state index in [1.165, 1.54) is 12.1 Å². The summed E-state index contributed by atoms with van der Waals surface area (Å²) in [6.45, 7) is 1.80. The summed E-state index contributed by atoms with van der Waals surface area (Å²) in [4.78, 5) is 22.9. The number of hydrogen-bond acceptors (Lipinski definition) is 6. The Balaban J connectivity index is 2.39. The van der Waals surface area contributed by atoms with Crippen LogP contribution >= 0.6 is 0 Å². The van der Waals surface area contributed by atoms with Gasteiger partial charge >= 0.3 is 5.97 Å². The van der Waals surface area contributed by atoms with Gasteiger partial charge in [0.05, 0.1) is 17.2 Å². The Morgan fingerprint density at radius 1 is 1.33 bits per heavy atom. The number of H-pyrrole nitrogens is 1. The fourth-order valence-corrected chi connectivity index (χ4v) is 2.13. The maximum absolute atomic E-state index is 11.8. The molecule has 0 saturated heterocycles. The molecule has 9 heteroatoms. The van der Waals surface area contributed by atoms with Gasteiger partial charge in [0.1, 0.15) is 15.8 Å². The second-order valence-corrected chi connectivity index (χ2v) is 5.39. The van der Waals surface area contributed by atoms with Crippen molar-refractivity contribution in [3.63, 3.8) is 0 Å². The molecule has 1 heterocycles. The zero-order valence-corrected chi connectivity index (χ0v) is 11.7. The van der Waals surface area contributed by atoms with Crippen LogP contribution in [0, 0.1) is 0 Å². The number of ether oxygens (including phenoxy) is 1. The Labute approximate surface area is 119 Å². The topological polar surface area (TPSA) is 121 Å². The second kappa shape index (κ2) is 5.54. The molecular formula is C12H11N2O6S-. The number of aromatic nitrogens is 2. The van der Waals surface area contributed by atoms with Gasteiger partial charge in [-0.15, -0.1) is 0 Å². The van der Waals surface area contributed by atoms with Crippen LogP contribution in [0.3, 0.4) is 0 Å². The van der Waals surface area contributed by atoms with Crippen molar-refractivity contribution >= 4 is 16.1 Å². The first kappa shape index (κ1) is 15.0. The Hall–Kier alpha value is -2.39. The van der Waals surface area contributed by atoms with Crippen molar-refractivity contribution in [1.82, 2.24) is 9.78 Å². The number of nitrogens with zero attached hydrogens (tertiary/aromatic N) is 1. The molecule has 0 atom stereocenters. The minimum absolute atomic E-state index is 0.0256. The van der Waals surface area contributed by atoms with Crippen LogP contribution in [0.4, 0.5) is 0 Å². The van der Waals surface area contributed by atoms with E-state index < -0.39 is 26.5 Å². The van der Waals surface area contributed by atoms with Gasteiger partial charge in [-0.2, -0.15) is 0 Å². The number of esters is 1. The van der Waals surface area contributed by atoms with Gasteiger partial charge in [-0.3, -0.25) is 9.89 Å². The van der Waals surface area contributed by atoms with Gasteiger partial charge in [0.25, 0.3) is 5.56 Å². The minimum atomic E-state index is -4.55. The van der Waals surface area contributed by atoms with Gasteiger partial charge in [0.15, 0.2) is 0 Å². The largest absolute Gasteiger partial charge is 0.744 e. The number of aromatic amines is 1. The van der Waals surface area contributed by atoms with Crippen molar-refractivity contribution < 1.29 is 22.5 Å². The fourth-order valence-electron chi connectivity index (χ4n) is 1.66. The van der Waals surface area contributed by atoms with Crippen LogP contribution < -0.4 is 5.56 Å². The zero-order valence-electron chi connectivity index (χ0n) is 10.9. The molecule has 1 aromatic carbocycles. The lowest BCUT2D eigenvalue weighted by atomic mass is 10.3. The summed E-state index contributed by atoms with van der Waals surface area (Å²) in [6, 6.07) is 5.77. The highest BCUT2D eigenvalue weighted by molar-refractivity contribution is 7.85. The third kappa shape index (κ3) is 3.20. The summed E-state index contributed by atoms with van der Waals surface area (Å²) in [5, 5.41) is 2.54. The van der Waals surface area contributed by atoms with Crippen LogP contribution in [0.15, 0.2) is 40.0 Å². The molecule has 0 bridgehead atoms. The molecule has 0 amide bonds. The molecule has 8 nitrogen and oxygen atoms in total. The van der Waals surface area contributed by atoms with E-state index in [4.69, 9.17) is 4.74 Å². The van der Waals surface area contributed by atoms with Crippen molar-refractivity contribution in [3.05, 3.63) is 46.4 Å². The molecule has 1 N–H and O–H groups in total. The van der Waals surface area contributed by atoms with E-state index in [0.29, 0.717) is 0 Å². The molecule has 2 rings (SSSR count). The standard InChI is InChI=1S/C12H12N2O6S/c1-2-20-12(16)10-7-11(15)14(13-10)8-3-5-9(6-4-8)21(17,18)19/h3-7,13H,2H2,1H3,(H,17,18,19)/p-1. The van der Waals surface area contributed by atoms with Gasteiger partial charge in [-0.05, 0) is 31.2 Å². The molecule has 0 aliphatic rings. The maximum Gasteiger partial charge on any atom is 0.356 e. The van der Waals surface area contributed by atoms with Crippen molar-refractivity contribution in [2.45, 2.75) is 11.8 Å². The number of hydrogen-bond donors (Lipinski definition) is 1. The van der Waals surface area contributed by atoms with E-state index in [1.54, 1.807) is 6.92 Å². The van der Waals surface area contributed by atoms with E-state index in [1.807, 2.05) is 0 Å². The summed E-state index contributed by atoms with van der Waals surface area (Å²) in [7, 11) is -4.55. The van der Waals surface area contributed by atoms with Crippen molar-refractivity contribution in [1.29, 1.82) is 0 Å². The second-order valence-electron chi connectivity index (χ2n) is 4.01. The molecule has 0 spiro atoms. The highest BCUT2D eigenvalue weighted by Gasteiger charge is 2.13. The van der Waals surface area contributed by atoms with E-state index in [9.17, 15) is 22.6 Å². The molecule has 0 unspecified atom stereocenters. The monoisotopic (exact) mass is 311 g/mol. The first-order valence-corrected chi connectivity index (χ1v) is 7.29. The average molecular weight is 311 g/mol. The molecular weight excluding hydrogens is 300 g/mol. The lowest BCUT2D eigenvalue weighted by molar-refractivity contribution is 0.0519. The molecule has 0 radical (unpaired) electrons. The SMILES string of the molecule is CCOC(=O)c1cc(=O)n(-c2ccc(S(=O)(=O)[O-])cc2)[nH]1. The molecule has 0 saturated carbocycles. The number of rotatable bonds is 4. The van der Waals surface area contributed by atoms with Crippen LogP contribution in [-0.4, -0.2) is 35.3 Å². The molecule has 1 aromatic heterocycles. The fraction of sp³-hybridized carbons (Fsp3) is 0.167. The van der Waals surface area contributed by atoms with Gasteiger partial charge in [0, 0.05) is 6.07 Å². The predicted molar refractivity (Wildman–Crippen MR) is 70.3 cm³/mol. The molecule has 21 heavy (non-hydrogen) atoms. The zero-order chi connectivity index (χ0) is 15.6. The summed E-state index contributed by atoms with van der Waals surface area (Å²) < 4.78 is 38.2. The molecule has 0 fully saturated rings. The Morgan fingerprint density at radius 3 is 2.48 bits per heavy atom. The first-order valence-electron chi connectivity index (χ1n) is 5.88. The number of carbonyl (C=O) groups is 1. The smallest absolute Gasteiger partial charge is 0.356 e. The van der Waals surface area contributed by atoms with Crippen LogP contribution in [0.2, 0.25) is 0 Å². The minimum Gasteiger partial charge on any atom is -0.744 e. The van der Waals surface area contributed by atoms with E-state index in [2.05, 4.69) is 5.10 Å². The normalized spacial score (nSPS) is 11.3. The molecule has 112 valence electrons. The van der Waals surface area contributed by atoms with Gasteiger partial charge in [0.2, 0.25) is 0 Å². The van der Waals surface area contributed by atoms with E-state index >= 15 is 0 Å². The van der Waals surface area contributed by atoms with Gasteiger partial charge < -0.3 is 9.29 Å². The van der Waals surface area contributed by atoms with Gasteiger partial charge in [-0.1, -0.05) is 0 Å². The summed E-state index contributed by atoms with van der Waals surface area (Å²) in [5.41, 5.74) is -0.263. The van der Waals surface area contributed by atoms with E-state index in [-0.39, 0.29) is 18.0 Å². The molecule has 0 aliphatic carbocycles. The molecule has 2 aromatic rings. The first-order chi connectivity index (χ1) is 9.82. The van der Waals surface area contributed by atoms with Crippen molar-refractivity contribution in [3.8, 4) is 5.69 Å². The van der Waals surface area contributed by atoms with Crippen LogP contribution in [-0.2, 0) is 14.9 Å². The lowest BCUT2D eigenvalue weighted by Crippen LogP contribution is -2.13. The van der Waals surface area contributed by atoms with Crippen LogP contribution in [0.1, 0.15) is 17.4 Å². The van der Waals surface area contributed by atoms with Crippen molar-refractivity contribution in [2.24, 2.45) is 0 Å². The quantitative estimate of drug-likeness (QED) is 0.638. The summed E-state index contributed by atoms with van der Waals surface area (Å²) in [5.74, 6) is -0.674. The highest BCUT2D eigenvalue weighted by atomic mass is 32.2. The maximum atomic E-state index is 11.8. The number of benzene rings is 1. The van der Waals surface area contributed by atoms with Crippen LogP contribution in [0.25, 0.3) is 5.69 Å². The summed E-state index contributed by atoms with van der Waals surface area (Å²) in [6.07, 6.45) is 0. The Morgan fingerprint density at radius 2 is 1.95 bits per heavy atom. The number of carbonyl (C=O) groups excluding carboxylic acids is 1. The average Bonchev–Trinajstić information content (AvgIpc) is 2.80. The lowest BCUT2D eigenvalue weighted by Gasteiger charge is -2.08. The Kier molecular flexibility index (Phi) is 3.96. The Bertz CT molecular complexity index is 816.